The molecule has 0 amide bonds. The van der Waals surface area contributed by atoms with Crippen LogP contribution in [-0.4, -0.2) is 4.98 Å². The van der Waals surface area contributed by atoms with Gasteiger partial charge >= 0.3 is 0 Å². The maximum Gasteiger partial charge on any atom is 0.0273 e. The van der Waals surface area contributed by atoms with E-state index in [2.05, 4.69) is 4.98 Å². The van der Waals surface area contributed by atoms with Gasteiger partial charge in [-0.05, 0) is 17.7 Å². The molecule has 0 saturated heterocycles. The van der Waals surface area contributed by atoms with Gasteiger partial charge in [0.1, 0.15) is 0 Å². The number of aromatic nitrogens is 1. The molecule has 1 heteroatoms. The van der Waals surface area contributed by atoms with Crippen LogP contribution in [-0.2, 0) is 0 Å². The second kappa shape index (κ2) is 5.08. The molecular formula is C11H10N. The molecule has 0 saturated carbocycles. The van der Waals surface area contributed by atoms with Crippen molar-refractivity contribution >= 4 is 6.08 Å². The average molecular weight is 156 g/mol. The first-order valence-electron chi connectivity index (χ1n) is 3.72. The maximum atomic E-state index is 5.15. The van der Waals surface area contributed by atoms with Gasteiger partial charge in [0.2, 0.25) is 0 Å². The van der Waals surface area contributed by atoms with Crippen LogP contribution < -0.4 is 0 Å². The zero-order valence-electron chi connectivity index (χ0n) is 6.72. The molecule has 59 valence electrons. The smallest absolute Gasteiger partial charge is 0.0273 e. The lowest BCUT2D eigenvalue weighted by Gasteiger charge is -1.87. The van der Waals surface area contributed by atoms with Crippen LogP contribution in [0.3, 0.4) is 0 Å². The van der Waals surface area contributed by atoms with Crippen LogP contribution in [0.2, 0.25) is 0 Å². The van der Waals surface area contributed by atoms with Crippen LogP contribution >= 0.6 is 0 Å². The molecule has 0 atom stereocenters. The molecule has 0 aliphatic carbocycles. The van der Waals surface area contributed by atoms with Crippen LogP contribution in [0.25, 0.3) is 6.08 Å². The molecule has 0 unspecified atom stereocenters. The molecule has 1 radical (unpaired) electrons. The molecule has 0 fully saturated rings. The highest BCUT2D eigenvalue weighted by atomic mass is 14.6. The third kappa shape index (κ3) is 2.97. The lowest BCUT2D eigenvalue weighted by Crippen LogP contribution is -1.70. The molecule has 1 rings (SSSR count). The highest BCUT2D eigenvalue weighted by Gasteiger charge is 1.79. The third-order valence-electron chi connectivity index (χ3n) is 1.33. The second-order valence-electron chi connectivity index (χ2n) is 2.22. The minimum atomic E-state index is 1.13. The molecular weight excluding hydrogens is 146 g/mol. The molecule has 0 N–H and O–H groups in total. The van der Waals surface area contributed by atoms with Crippen LogP contribution in [0.15, 0.2) is 48.8 Å². The van der Waals surface area contributed by atoms with E-state index in [9.17, 15) is 0 Å². The Kier molecular flexibility index (Phi) is 3.58. The van der Waals surface area contributed by atoms with Gasteiger partial charge in [0.05, 0.1) is 0 Å². The van der Waals surface area contributed by atoms with Crippen LogP contribution in [0, 0.1) is 6.58 Å². The molecule has 0 aromatic carbocycles. The SMILES string of the molecule is [CH]=CC=CC=Cc1ccncc1. The molecule has 0 spiro atoms. The van der Waals surface area contributed by atoms with E-state index in [4.69, 9.17) is 6.58 Å². The second-order valence-corrected chi connectivity index (χ2v) is 2.22. The largest absolute Gasteiger partial charge is 0.265 e. The van der Waals surface area contributed by atoms with Crippen molar-refractivity contribution < 1.29 is 0 Å². The van der Waals surface area contributed by atoms with Gasteiger partial charge in [-0.25, -0.2) is 0 Å². The summed E-state index contributed by atoms with van der Waals surface area (Å²) in [4.78, 5) is 3.91. The summed E-state index contributed by atoms with van der Waals surface area (Å²) in [5, 5.41) is 0. The van der Waals surface area contributed by atoms with Crippen LogP contribution in [0.4, 0.5) is 0 Å². The van der Waals surface area contributed by atoms with Gasteiger partial charge < -0.3 is 0 Å². The first-order chi connectivity index (χ1) is 5.93. The fourth-order valence-electron chi connectivity index (χ4n) is 0.770. The van der Waals surface area contributed by atoms with E-state index in [1.165, 1.54) is 6.08 Å². The highest BCUT2D eigenvalue weighted by molar-refractivity contribution is 5.49. The Morgan fingerprint density at radius 3 is 2.50 bits per heavy atom. The predicted octanol–water partition coefficient (Wildman–Crippen LogP) is 2.64. The summed E-state index contributed by atoms with van der Waals surface area (Å²) >= 11 is 0. The Morgan fingerprint density at radius 2 is 1.83 bits per heavy atom. The number of hydrogen-bond acceptors (Lipinski definition) is 1. The molecule has 1 aromatic heterocycles. The first-order valence-corrected chi connectivity index (χ1v) is 3.72. The van der Waals surface area contributed by atoms with E-state index in [0.29, 0.717) is 0 Å². The van der Waals surface area contributed by atoms with Crippen molar-refractivity contribution in [3.63, 3.8) is 0 Å². The van der Waals surface area contributed by atoms with Gasteiger partial charge in [0, 0.05) is 12.4 Å². The van der Waals surface area contributed by atoms with Crippen molar-refractivity contribution in [2.75, 3.05) is 0 Å². The summed E-state index contributed by atoms with van der Waals surface area (Å²) in [7, 11) is 0. The zero-order valence-corrected chi connectivity index (χ0v) is 6.72. The average Bonchev–Trinajstić information content (AvgIpc) is 2.14. The number of nitrogens with zero attached hydrogens (tertiary/aromatic N) is 1. The van der Waals surface area contributed by atoms with Crippen molar-refractivity contribution in [3.05, 3.63) is 61.0 Å². The Labute approximate surface area is 72.8 Å². The van der Waals surface area contributed by atoms with Gasteiger partial charge in [-0.3, -0.25) is 4.98 Å². The minimum absolute atomic E-state index is 1.13. The third-order valence-corrected chi connectivity index (χ3v) is 1.33. The van der Waals surface area contributed by atoms with Crippen molar-refractivity contribution in [3.8, 4) is 0 Å². The van der Waals surface area contributed by atoms with E-state index in [1.54, 1.807) is 18.5 Å². The van der Waals surface area contributed by atoms with Crippen molar-refractivity contribution in [2.24, 2.45) is 0 Å². The summed E-state index contributed by atoms with van der Waals surface area (Å²) in [6, 6.07) is 3.88. The normalized spacial score (nSPS) is 11.0. The summed E-state index contributed by atoms with van der Waals surface area (Å²) in [6.45, 7) is 5.15. The predicted molar refractivity (Wildman–Crippen MR) is 51.3 cm³/mol. The highest BCUT2D eigenvalue weighted by Crippen LogP contribution is 1.98. The molecule has 0 aliphatic rings. The number of hydrogen-bond donors (Lipinski definition) is 0. The molecule has 1 aromatic rings. The molecule has 0 bridgehead atoms. The summed E-state index contributed by atoms with van der Waals surface area (Å²) in [5.74, 6) is 0. The quantitative estimate of drug-likeness (QED) is 0.613. The fraction of sp³-hybridized carbons (Fsp3) is 0. The Bertz CT molecular complexity index is 283. The monoisotopic (exact) mass is 156 g/mol. The van der Waals surface area contributed by atoms with Crippen molar-refractivity contribution in [1.82, 2.24) is 4.98 Å². The van der Waals surface area contributed by atoms with E-state index in [0.717, 1.165) is 5.56 Å². The topological polar surface area (TPSA) is 12.9 Å². The molecule has 1 heterocycles. The van der Waals surface area contributed by atoms with Gasteiger partial charge in [0.15, 0.2) is 0 Å². The Morgan fingerprint density at radius 1 is 1.08 bits per heavy atom. The Hall–Kier alpha value is -1.63. The lowest BCUT2D eigenvalue weighted by molar-refractivity contribution is 1.32. The van der Waals surface area contributed by atoms with Gasteiger partial charge in [-0.2, -0.15) is 0 Å². The van der Waals surface area contributed by atoms with E-state index < -0.39 is 0 Å². The summed E-state index contributed by atoms with van der Waals surface area (Å²) in [5.41, 5.74) is 1.13. The first kappa shape index (κ1) is 8.47. The molecule has 0 aliphatic heterocycles. The van der Waals surface area contributed by atoms with Gasteiger partial charge in [0.25, 0.3) is 0 Å². The minimum Gasteiger partial charge on any atom is -0.265 e. The summed E-state index contributed by atoms with van der Waals surface area (Å²) < 4.78 is 0. The molecule has 1 nitrogen and oxygen atoms in total. The van der Waals surface area contributed by atoms with Gasteiger partial charge in [-0.15, -0.1) is 0 Å². The van der Waals surface area contributed by atoms with Crippen molar-refractivity contribution in [2.45, 2.75) is 0 Å². The van der Waals surface area contributed by atoms with E-state index in [-0.39, 0.29) is 0 Å². The Balaban J connectivity index is 2.58. The number of rotatable bonds is 3. The van der Waals surface area contributed by atoms with Crippen molar-refractivity contribution in [1.29, 1.82) is 0 Å². The van der Waals surface area contributed by atoms with E-state index in [1.807, 2.05) is 30.4 Å². The lowest BCUT2D eigenvalue weighted by atomic mass is 10.2. The zero-order chi connectivity index (χ0) is 8.65. The van der Waals surface area contributed by atoms with Crippen LogP contribution in [0.5, 0.6) is 0 Å². The molecule has 12 heavy (non-hydrogen) atoms. The number of pyridine rings is 1. The van der Waals surface area contributed by atoms with Gasteiger partial charge in [-0.1, -0.05) is 37.0 Å². The fourth-order valence-corrected chi connectivity index (χ4v) is 0.770. The van der Waals surface area contributed by atoms with Crippen LogP contribution in [0.1, 0.15) is 5.56 Å². The number of allylic oxidation sites excluding steroid dienone is 4. The maximum absolute atomic E-state index is 5.15. The van der Waals surface area contributed by atoms with E-state index >= 15 is 0 Å². The summed E-state index contributed by atoms with van der Waals surface area (Å²) in [6.07, 6.45) is 12.6. The standard InChI is InChI=1S/C11H10N/c1-2-3-4-5-6-11-7-9-12-10-8-11/h1-10H.